The monoisotopic (exact) mass is 185 g/mol. The highest BCUT2D eigenvalue weighted by Crippen LogP contribution is 2.10. The molecule has 0 radical (unpaired) electrons. The van der Waals surface area contributed by atoms with Gasteiger partial charge in [-0.05, 0) is 17.5 Å². The van der Waals surface area contributed by atoms with E-state index in [0.717, 1.165) is 12.0 Å². The second-order valence-corrected chi connectivity index (χ2v) is 3.19. The first-order valence-electron chi connectivity index (χ1n) is 4.52. The van der Waals surface area contributed by atoms with Crippen molar-refractivity contribution in [2.75, 3.05) is 0 Å². The fourth-order valence-electron chi connectivity index (χ4n) is 1.35. The van der Waals surface area contributed by atoms with Gasteiger partial charge in [0.25, 0.3) is 0 Å². The van der Waals surface area contributed by atoms with E-state index in [4.69, 9.17) is 5.11 Å². The lowest BCUT2D eigenvalue weighted by Crippen LogP contribution is -1.88. The molecule has 1 N–H and O–H groups in total. The number of hydrogen-bond donors (Lipinski definition) is 1. The Kier molecular flexibility index (Phi) is 2.45. The minimum absolute atomic E-state index is 0.0711. The second kappa shape index (κ2) is 3.92. The van der Waals surface area contributed by atoms with Gasteiger partial charge in [0.05, 0.1) is 0 Å². The zero-order valence-corrected chi connectivity index (χ0v) is 7.72. The molecular weight excluding hydrogens is 174 g/mol. The summed E-state index contributed by atoms with van der Waals surface area (Å²) in [5.41, 5.74) is 2.36. The van der Waals surface area contributed by atoms with Gasteiger partial charge in [-0.3, -0.25) is 0 Å². The summed E-state index contributed by atoms with van der Waals surface area (Å²) in [4.78, 5) is 3.83. The van der Waals surface area contributed by atoms with E-state index in [0.29, 0.717) is 0 Å². The van der Waals surface area contributed by atoms with Gasteiger partial charge in [-0.15, -0.1) is 0 Å². The highest BCUT2D eigenvalue weighted by atomic mass is 16.3. The highest BCUT2D eigenvalue weighted by molar-refractivity contribution is 5.25. The van der Waals surface area contributed by atoms with Gasteiger partial charge >= 0.3 is 0 Å². The number of pyridine rings is 1. The summed E-state index contributed by atoms with van der Waals surface area (Å²) in [6.07, 6.45) is 2.55. The average Bonchev–Trinajstić information content (AvgIpc) is 2.23. The van der Waals surface area contributed by atoms with Crippen LogP contribution in [0.2, 0.25) is 0 Å². The summed E-state index contributed by atoms with van der Waals surface area (Å²) in [6.45, 7) is 0. The van der Waals surface area contributed by atoms with Crippen molar-refractivity contribution in [2.24, 2.45) is 0 Å². The van der Waals surface area contributed by atoms with Crippen molar-refractivity contribution in [3.63, 3.8) is 0 Å². The maximum Gasteiger partial charge on any atom is 0.210 e. The van der Waals surface area contributed by atoms with Crippen LogP contribution in [0.3, 0.4) is 0 Å². The predicted molar refractivity (Wildman–Crippen MR) is 55.1 cm³/mol. The number of benzene rings is 1. The average molecular weight is 185 g/mol. The molecule has 14 heavy (non-hydrogen) atoms. The maximum atomic E-state index is 9.01. The Morgan fingerprint density at radius 3 is 2.36 bits per heavy atom. The third-order valence-electron chi connectivity index (χ3n) is 2.06. The lowest BCUT2D eigenvalue weighted by Gasteiger charge is -2.00. The van der Waals surface area contributed by atoms with E-state index in [1.165, 1.54) is 5.56 Å². The zero-order valence-electron chi connectivity index (χ0n) is 7.72. The summed E-state index contributed by atoms with van der Waals surface area (Å²) in [5.74, 6) is 0.0711. The van der Waals surface area contributed by atoms with Crippen LogP contribution < -0.4 is 0 Å². The topological polar surface area (TPSA) is 33.1 Å². The number of rotatable bonds is 2. The molecule has 0 atom stereocenters. The summed E-state index contributed by atoms with van der Waals surface area (Å²) >= 11 is 0. The molecule has 2 nitrogen and oxygen atoms in total. The minimum Gasteiger partial charge on any atom is -0.493 e. The molecule has 0 saturated heterocycles. The van der Waals surface area contributed by atoms with Gasteiger partial charge in [0.2, 0.25) is 5.88 Å². The van der Waals surface area contributed by atoms with Crippen molar-refractivity contribution in [3.8, 4) is 5.88 Å². The summed E-state index contributed by atoms with van der Waals surface area (Å²) in [7, 11) is 0. The van der Waals surface area contributed by atoms with E-state index in [9.17, 15) is 0 Å². The van der Waals surface area contributed by atoms with Gasteiger partial charge in [0, 0.05) is 12.3 Å². The summed E-state index contributed by atoms with van der Waals surface area (Å²) in [5, 5.41) is 9.01. The van der Waals surface area contributed by atoms with Crippen molar-refractivity contribution < 1.29 is 5.11 Å². The predicted octanol–water partition coefficient (Wildman–Crippen LogP) is 2.38. The van der Waals surface area contributed by atoms with E-state index in [1.54, 1.807) is 12.3 Å². The van der Waals surface area contributed by atoms with Crippen LogP contribution in [0.25, 0.3) is 0 Å². The normalized spacial score (nSPS) is 10.0. The summed E-state index contributed by atoms with van der Waals surface area (Å²) < 4.78 is 0. The Hall–Kier alpha value is -1.83. The Morgan fingerprint density at radius 2 is 1.71 bits per heavy atom. The van der Waals surface area contributed by atoms with Crippen molar-refractivity contribution in [2.45, 2.75) is 6.42 Å². The standard InChI is InChI=1S/C12H11NO/c14-12-7-6-11(9-13-12)8-10-4-2-1-3-5-10/h1-7,9H,8H2,(H,13,14). The lowest BCUT2D eigenvalue weighted by atomic mass is 10.1. The molecule has 2 rings (SSSR count). The first kappa shape index (κ1) is 8.75. The van der Waals surface area contributed by atoms with Gasteiger partial charge in [0.15, 0.2) is 0 Å². The molecule has 0 bridgehead atoms. The molecule has 0 aliphatic carbocycles. The molecule has 1 aromatic heterocycles. The molecule has 0 saturated carbocycles. The second-order valence-electron chi connectivity index (χ2n) is 3.19. The molecule has 1 heterocycles. The number of nitrogens with zero attached hydrogens (tertiary/aromatic N) is 1. The number of aromatic hydroxyl groups is 1. The largest absolute Gasteiger partial charge is 0.493 e. The van der Waals surface area contributed by atoms with Crippen LogP contribution in [-0.4, -0.2) is 10.1 Å². The van der Waals surface area contributed by atoms with Gasteiger partial charge in [-0.25, -0.2) is 4.98 Å². The molecule has 0 aliphatic rings. The number of aromatic nitrogens is 1. The minimum atomic E-state index is 0.0711. The van der Waals surface area contributed by atoms with Crippen LogP contribution in [0, 0.1) is 0 Å². The van der Waals surface area contributed by atoms with Crippen LogP contribution in [0.4, 0.5) is 0 Å². The van der Waals surface area contributed by atoms with Gasteiger partial charge in [-0.1, -0.05) is 36.4 Å². The Labute approximate surface area is 82.9 Å². The van der Waals surface area contributed by atoms with E-state index in [2.05, 4.69) is 17.1 Å². The molecule has 70 valence electrons. The van der Waals surface area contributed by atoms with Crippen LogP contribution in [-0.2, 0) is 6.42 Å². The first-order chi connectivity index (χ1) is 6.84. The molecule has 2 heteroatoms. The van der Waals surface area contributed by atoms with Crippen LogP contribution in [0.1, 0.15) is 11.1 Å². The van der Waals surface area contributed by atoms with Crippen molar-refractivity contribution in [3.05, 3.63) is 59.8 Å². The van der Waals surface area contributed by atoms with Crippen LogP contribution in [0.15, 0.2) is 48.7 Å². The van der Waals surface area contributed by atoms with Gasteiger partial charge in [0.1, 0.15) is 0 Å². The SMILES string of the molecule is Oc1ccc(Cc2ccccc2)cn1. The lowest BCUT2D eigenvalue weighted by molar-refractivity contribution is 0.453. The van der Waals surface area contributed by atoms with Gasteiger partial charge < -0.3 is 5.11 Å². The molecule has 0 spiro atoms. The molecular formula is C12H11NO. The molecule has 0 amide bonds. The van der Waals surface area contributed by atoms with E-state index < -0.39 is 0 Å². The van der Waals surface area contributed by atoms with Crippen molar-refractivity contribution >= 4 is 0 Å². The fourth-order valence-corrected chi connectivity index (χ4v) is 1.35. The molecule has 1 aromatic carbocycles. The molecule has 0 fully saturated rings. The molecule has 0 aliphatic heterocycles. The first-order valence-corrected chi connectivity index (χ1v) is 4.52. The molecule has 0 unspecified atom stereocenters. The third-order valence-corrected chi connectivity index (χ3v) is 2.06. The Bertz CT molecular complexity index is 394. The van der Waals surface area contributed by atoms with Crippen LogP contribution in [0.5, 0.6) is 5.88 Å². The quantitative estimate of drug-likeness (QED) is 0.779. The zero-order chi connectivity index (χ0) is 9.80. The smallest absolute Gasteiger partial charge is 0.210 e. The molecule has 2 aromatic rings. The van der Waals surface area contributed by atoms with E-state index in [1.807, 2.05) is 24.3 Å². The van der Waals surface area contributed by atoms with E-state index in [-0.39, 0.29) is 5.88 Å². The third kappa shape index (κ3) is 2.10. The van der Waals surface area contributed by atoms with Crippen molar-refractivity contribution in [1.82, 2.24) is 4.98 Å². The van der Waals surface area contributed by atoms with Crippen molar-refractivity contribution in [1.29, 1.82) is 0 Å². The maximum absolute atomic E-state index is 9.01. The number of hydrogen-bond acceptors (Lipinski definition) is 2. The summed E-state index contributed by atoms with van der Waals surface area (Å²) in [6, 6.07) is 13.7. The fraction of sp³-hybridized carbons (Fsp3) is 0.0833. The van der Waals surface area contributed by atoms with Gasteiger partial charge in [-0.2, -0.15) is 0 Å². The highest BCUT2D eigenvalue weighted by Gasteiger charge is 1.95. The van der Waals surface area contributed by atoms with E-state index >= 15 is 0 Å². The Morgan fingerprint density at radius 1 is 0.929 bits per heavy atom. The van der Waals surface area contributed by atoms with Crippen LogP contribution >= 0.6 is 0 Å². The Balaban J connectivity index is 2.16.